The minimum atomic E-state index is 0.554. The van der Waals surface area contributed by atoms with E-state index in [1.54, 1.807) is 11.8 Å². The van der Waals surface area contributed by atoms with Crippen molar-refractivity contribution in [1.82, 2.24) is 0 Å². The number of hydrogen-bond acceptors (Lipinski definition) is 2. The van der Waals surface area contributed by atoms with Crippen molar-refractivity contribution in [3.05, 3.63) is 0 Å². The molecule has 0 aliphatic heterocycles. The fourth-order valence-corrected chi connectivity index (χ4v) is 3.50. The summed E-state index contributed by atoms with van der Waals surface area (Å²) in [5.41, 5.74) is 0. The Kier molecular flexibility index (Phi) is 21.0. The predicted molar refractivity (Wildman–Crippen MR) is 103 cm³/mol. The second-order valence-electron chi connectivity index (χ2n) is 6.50. The van der Waals surface area contributed by atoms with Crippen molar-refractivity contribution in [2.24, 2.45) is 0 Å². The van der Waals surface area contributed by atoms with Crippen LogP contribution >= 0.6 is 11.8 Å². The van der Waals surface area contributed by atoms with Crippen molar-refractivity contribution in [2.45, 2.75) is 110 Å². The van der Waals surface area contributed by atoms with E-state index in [0.29, 0.717) is 5.75 Å². The largest absolute Gasteiger partial charge is 0.290 e. The van der Waals surface area contributed by atoms with Gasteiger partial charge in [-0.25, -0.2) is 0 Å². The summed E-state index contributed by atoms with van der Waals surface area (Å²) in [6.45, 7) is 2.29. The van der Waals surface area contributed by atoms with Gasteiger partial charge in [-0.05, 0) is 12.2 Å². The molecule has 22 heavy (non-hydrogen) atoms. The molecule has 0 unspecified atom stereocenters. The van der Waals surface area contributed by atoms with Crippen molar-refractivity contribution >= 4 is 18.0 Å². The zero-order valence-corrected chi connectivity index (χ0v) is 15.9. The maximum absolute atomic E-state index is 10.0. The lowest BCUT2D eigenvalue weighted by Gasteiger charge is -2.03. The van der Waals surface area contributed by atoms with Crippen molar-refractivity contribution < 1.29 is 4.79 Å². The van der Waals surface area contributed by atoms with Crippen LogP contribution in [0.15, 0.2) is 0 Å². The molecule has 0 aliphatic rings. The number of thioether (sulfide) groups is 1. The van der Waals surface area contributed by atoms with Gasteiger partial charge in [0, 0.05) is 0 Å². The van der Waals surface area contributed by atoms with Gasteiger partial charge in [-0.15, -0.1) is 0 Å². The molecule has 1 radical (unpaired) electrons. The van der Waals surface area contributed by atoms with Crippen LogP contribution in [-0.2, 0) is 4.79 Å². The highest BCUT2D eigenvalue weighted by Crippen LogP contribution is 2.14. The van der Waals surface area contributed by atoms with E-state index < -0.39 is 0 Å². The van der Waals surface area contributed by atoms with Gasteiger partial charge in [0.2, 0.25) is 6.29 Å². The maximum atomic E-state index is 10.0. The molecule has 0 aromatic heterocycles. The van der Waals surface area contributed by atoms with Gasteiger partial charge in [0.25, 0.3) is 0 Å². The quantitative estimate of drug-likeness (QED) is 0.235. The van der Waals surface area contributed by atoms with Crippen LogP contribution in [0.2, 0.25) is 0 Å². The minimum Gasteiger partial charge on any atom is -0.290 e. The number of rotatable bonds is 19. The van der Waals surface area contributed by atoms with Gasteiger partial charge < -0.3 is 0 Å². The smallest absolute Gasteiger partial charge is 0.209 e. The first-order valence-electron chi connectivity index (χ1n) is 9.84. The molecule has 131 valence electrons. The number of unbranched alkanes of at least 4 members (excludes halogenated alkanes) is 15. The molecule has 0 aromatic rings. The van der Waals surface area contributed by atoms with E-state index in [0.717, 1.165) is 5.75 Å². The van der Waals surface area contributed by atoms with Crippen LogP contribution in [0.25, 0.3) is 0 Å². The van der Waals surface area contributed by atoms with Gasteiger partial charge >= 0.3 is 0 Å². The number of carbonyl (C=O) groups excluding carboxylic acids is 1. The molecule has 0 saturated carbocycles. The zero-order valence-electron chi connectivity index (χ0n) is 15.0. The van der Waals surface area contributed by atoms with Crippen LogP contribution in [-0.4, -0.2) is 17.8 Å². The summed E-state index contributed by atoms with van der Waals surface area (Å²) in [5, 5.41) is 0. The van der Waals surface area contributed by atoms with Gasteiger partial charge in [-0.2, -0.15) is 11.8 Å². The third-order valence-electron chi connectivity index (χ3n) is 4.30. The zero-order chi connectivity index (χ0) is 16.1. The molecule has 0 amide bonds. The molecular formula is C20H39OS. The van der Waals surface area contributed by atoms with E-state index in [2.05, 4.69) is 6.92 Å². The molecule has 0 aliphatic carbocycles. The number of hydrogen-bond donors (Lipinski definition) is 0. The first-order chi connectivity index (χ1) is 10.9. The second-order valence-corrected chi connectivity index (χ2v) is 7.61. The Hall–Kier alpha value is 0.0200. The molecule has 0 heterocycles. The van der Waals surface area contributed by atoms with Crippen LogP contribution in [0.1, 0.15) is 110 Å². The Labute approximate surface area is 144 Å². The third-order valence-corrected chi connectivity index (χ3v) is 5.20. The first kappa shape index (κ1) is 22.0. The summed E-state index contributed by atoms with van der Waals surface area (Å²) in [4.78, 5) is 10.0. The molecule has 0 N–H and O–H groups in total. The molecule has 1 nitrogen and oxygen atoms in total. The van der Waals surface area contributed by atoms with Gasteiger partial charge in [0.05, 0.1) is 5.75 Å². The Morgan fingerprint density at radius 3 is 1.32 bits per heavy atom. The predicted octanol–water partition coefficient (Wildman–Crippen LogP) is 7.09. The lowest BCUT2D eigenvalue weighted by atomic mass is 10.0. The standard InChI is InChI=1S/C20H39OS/c1-2-3-4-5-6-7-8-9-10-11-12-13-14-15-16-17-19-22-20-18-21/h2-17,19-20H2,1H3. The maximum Gasteiger partial charge on any atom is 0.209 e. The summed E-state index contributed by atoms with van der Waals surface area (Å²) in [6.07, 6.45) is 24.6. The van der Waals surface area contributed by atoms with E-state index >= 15 is 0 Å². The Morgan fingerprint density at radius 2 is 0.955 bits per heavy atom. The molecule has 0 atom stereocenters. The lowest BCUT2D eigenvalue weighted by molar-refractivity contribution is 0.531. The van der Waals surface area contributed by atoms with Gasteiger partial charge in [-0.3, -0.25) is 4.79 Å². The van der Waals surface area contributed by atoms with E-state index in [4.69, 9.17) is 0 Å². The molecule has 0 saturated heterocycles. The molecule has 0 spiro atoms. The van der Waals surface area contributed by atoms with E-state index in [-0.39, 0.29) is 0 Å². The third kappa shape index (κ3) is 20.0. The Morgan fingerprint density at radius 1 is 0.591 bits per heavy atom. The average Bonchev–Trinajstić information content (AvgIpc) is 2.54. The van der Waals surface area contributed by atoms with Crippen LogP contribution in [0.4, 0.5) is 0 Å². The highest BCUT2D eigenvalue weighted by atomic mass is 32.2. The SMILES string of the molecule is CCCCCCCCCCCCCCCCCCSC[C]=O. The van der Waals surface area contributed by atoms with Crippen LogP contribution in [0, 0.1) is 0 Å². The first-order valence-corrected chi connectivity index (χ1v) is 11.0. The average molecular weight is 328 g/mol. The molecule has 0 aromatic carbocycles. The van der Waals surface area contributed by atoms with Crippen molar-refractivity contribution in [3.63, 3.8) is 0 Å². The van der Waals surface area contributed by atoms with E-state index in [1.165, 1.54) is 103 Å². The minimum absolute atomic E-state index is 0.554. The van der Waals surface area contributed by atoms with E-state index in [1.807, 2.05) is 6.29 Å². The summed E-state index contributed by atoms with van der Waals surface area (Å²) < 4.78 is 0. The molecule has 0 rings (SSSR count). The van der Waals surface area contributed by atoms with Crippen LogP contribution in [0.3, 0.4) is 0 Å². The monoisotopic (exact) mass is 327 g/mol. The van der Waals surface area contributed by atoms with Crippen LogP contribution in [0.5, 0.6) is 0 Å². The Balaban J connectivity index is 2.92. The summed E-state index contributed by atoms with van der Waals surface area (Å²) >= 11 is 1.72. The summed E-state index contributed by atoms with van der Waals surface area (Å²) in [5.74, 6) is 1.69. The van der Waals surface area contributed by atoms with Crippen molar-refractivity contribution in [1.29, 1.82) is 0 Å². The van der Waals surface area contributed by atoms with Gasteiger partial charge in [-0.1, -0.05) is 103 Å². The second kappa shape index (κ2) is 21.0. The van der Waals surface area contributed by atoms with E-state index in [9.17, 15) is 4.79 Å². The van der Waals surface area contributed by atoms with Gasteiger partial charge in [0.1, 0.15) is 0 Å². The topological polar surface area (TPSA) is 17.1 Å². The molecule has 0 bridgehead atoms. The van der Waals surface area contributed by atoms with Crippen molar-refractivity contribution in [3.8, 4) is 0 Å². The van der Waals surface area contributed by atoms with Crippen LogP contribution < -0.4 is 0 Å². The normalized spacial score (nSPS) is 11.0. The molecule has 0 fully saturated rings. The lowest BCUT2D eigenvalue weighted by Crippen LogP contribution is -1.86. The highest BCUT2D eigenvalue weighted by Gasteiger charge is 1.95. The summed E-state index contributed by atoms with van der Waals surface area (Å²) in [7, 11) is 0. The fourth-order valence-electron chi connectivity index (χ4n) is 2.87. The molecule has 2 heteroatoms. The highest BCUT2D eigenvalue weighted by molar-refractivity contribution is 7.99. The van der Waals surface area contributed by atoms with Gasteiger partial charge in [0.15, 0.2) is 0 Å². The fraction of sp³-hybridized carbons (Fsp3) is 0.950. The van der Waals surface area contributed by atoms with Crippen molar-refractivity contribution in [2.75, 3.05) is 11.5 Å². The molecular weight excluding hydrogens is 288 g/mol. The summed E-state index contributed by atoms with van der Waals surface area (Å²) in [6, 6.07) is 0. The Bertz CT molecular complexity index is 206.